The molecule has 106 valence electrons. The van der Waals surface area contributed by atoms with Crippen molar-refractivity contribution in [2.24, 2.45) is 0 Å². The van der Waals surface area contributed by atoms with Crippen LogP contribution in [0, 0.1) is 5.82 Å². The Kier molecular flexibility index (Phi) is 5.30. The van der Waals surface area contributed by atoms with E-state index in [9.17, 15) is 14.3 Å². The maximum atomic E-state index is 13.0. The molecule has 19 heavy (non-hydrogen) atoms. The molecule has 1 aromatic carbocycles. The average molecular weight is 269 g/mol. The Morgan fingerprint density at radius 3 is 2.47 bits per heavy atom. The highest BCUT2D eigenvalue weighted by Gasteiger charge is 2.21. The zero-order valence-corrected chi connectivity index (χ0v) is 11.4. The third-order valence-electron chi connectivity index (χ3n) is 3.19. The number of phenolic OH excluding ortho intramolecular Hbond substituents is 1. The number of nitrogens with zero attached hydrogens (tertiary/aromatic N) is 1. The molecular formula is C14H20FNO3. The van der Waals surface area contributed by atoms with E-state index in [0.717, 1.165) is 6.07 Å². The van der Waals surface area contributed by atoms with E-state index in [0.29, 0.717) is 12.1 Å². The fourth-order valence-corrected chi connectivity index (χ4v) is 2.17. The summed E-state index contributed by atoms with van der Waals surface area (Å²) in [6.45, 7) is 6.16. The normalized spacial score (nSPS) is 12.9. The molecule has 0 heterocycles. The average Bonchev–Trinajstić information content (AvgIpc) is 2.27. The summed E-state index contributed by atoms with van der Waals surface area (Å²) < 4.78 is 13.0. The first-order chi connectivity index (χ1) is 8.82. The molecule has 0 aliphatic rings. The Hall–Kier alpha value is -1.62. The fraction of sp³-hybridized carbons (Fsp3) is 0.500. The largest absolute Gasteiger partial charge is 0.508 e. The van der Waals surface area contributed by atoms with Gasteiger partial charge in [0.05, 0.1) is 6.42 Å². The minimum atomic E-state index is -0.860. The van der Waals surface area contributed by atoms with E-state index in [-0.39, 0.29) is 24.3 Å². The van der Waals surface area contributed by atoms with Gasteiger partial charge < -0.3 is 10.2 Å². The van der Waals surface area contributed by atoms with Crippen LogP contribution in [0.15, 0.2) is 18.2 Å². The number of carboxylic acids is 1. The molecule has 0 amide bonds. The van der Waals surface area contributed by atoms with Crippen LogP contribution in [0.5, 0.6) is 5.75 Å². The van der Waals surface area contributed by atoms with Gasteiger partial charge in [0.1, 0.15) is 11.6 Å². The molecule has 1 rings (SSSR count). The van der Waals surface area contributed by atoms with Gasteiger partial charge in [-0.25, -0.2) is 4.39 Å². The van der Waals surface area contributed by atoms with Gasteiger partial charge in [-0.2, -0.15) is 0 Å². The lowest BCUT2D eigenvalue weighted by atomic mass is 10.0. The van der Waals surface area contributed by atoms with Crippen molar-refractivity contribution in [2.45, 2.75) is 39.3 Å². The van der Waals surface area contributed by atoms with Crippen molar-refractivity contribution in [3.8, 4) is 5.75 Å². The van der Waals surface area contributed by atoms with Crippen LogP contribution < -0.4 is 0 Å². The van der Waals surface area contributed by atoms with Crippen molar-refractivity contribution < 1.29 is 19.4 Å². The van der Waals surface area contributed by atoms with Gasteiger partial charge in [-0.3, -0.25) is 9.69 Å². The lowest BCUT2D eigenvalue weighted by Gasteiger charge is -2.32. The van der Waals surface area contributed by atoms with Crippen molar-refractivity contribution in [3.63, 3.8) is 0 Å². The maximum absolute atomic E-state index is 13.0. The molecule has 0 saturated carbocycles. The second-order valence-electron chi connectivity index (χ2n) is 4.85. The lowest BCUT2D eigenvalue weighted by Crippen LogP contribution is -2.35. The topological polar surface area (TPSA) is 60.8 Å². The molecule has 0 radical (unpaired) electrons. The van der Waals surface area contributed by atoms with Gasteiger partial charge >= 0.3 is 5.97 Å². The summed E-state index contributed by atoms with van der Waals surface area (Å²) >= 11 is 0. The Labute approximate surface area is 112 Å². The van der Waals surface area contributed by atoms with Crippen molar-refractivity contribution in [3.05, 3.63) is 29.6 Å². The molecule has 0 saturated heterocycles. The first kappa shape index (κ1) is 15.4. The second-order valence-corrected chi connectivity index (χ2v) is 4.85. The Morgan fingerprint density at radius 2 is 2.00 bits per heavy atom. The maximum Gasteiger partial charge on any atom is 0.304 e. The predicted molar refractivity (Wildman–Crippen MR) is 70.6 cm³/mol. The van der Waals surface area contributed by atoms with Crippen LogP contribution in [0.1, 0.15) is 38.8 Å². The van der Waals surface area contributed by atoms with E-state index < -0.39 is 11.8 Å². The van der Waals surface area contributed by atoms with E-state index in [2.05, 4.69) is 0 Å². The summed E-state index contributed by atoms with van der Waals surface area (Å²) in [5.41, 5.74) is 0.598. The smallest absolute Gasteiger partial charge is 0.304 e. The minimum absolute atomic E-state index is 0.0322. The van der Waals surface area contributed by atoms with Gasteiger partial charge in [-0.05, 0) is 26.8 Å². The van der Waals surface area contributed by atoms with E-state index >= 15 is 0 Å². The number of phenols is 1. The van der Waals surface area contributed by atoms with Crippen LogP contribution in [-0.4, -0.2) is 33.7 Å². The first-order valence-electron chi connectivity index (χ1n) is 6.29. The van der Waals surface area contributed by atoms with Crippen LogP contribution in [0.4, 0.5) is 4.39 Å². The molecule has 0 fully saturated rings. The van der Waals surface area contributed by atoms with Gasteiger partial charge in [0.15, 0.2) is 0 Å². The number of rotatable bonds is 6. The molecule has 0 spiro atoms. The van der Waals surface area contributed by atoms with Crippen LogP contribution in [0.2, 0.25) is 0 Å². The predicted octanol–water partition coefficient (Wildman–Crippen LogP) is 2.78. The Balaban J connectivity index is 2.92. The molecule has 4 nitrogen and oxygen atoms in total. The molecule has 1 unspecified atom stereocenters. The van der Waals surface area contributed by atoms with E-state index in [1.165, 1.54) is 12.1 Å². The van der Waals surface area contributed by atoms with Crippen LogP contribution >= 0.6 is 0 Å². The monoisotopic (exact) mass is 269 g/mol. The number of hydrogen-bond donors (Lipinski definition) is 2. The Morgan fingerprint density at radius 1 is 1.37 bits per heavy atom. The molecule has 2 N–H and O–H groups in total. The van der Waals surface area contributed by atoms with Crippen LogP contribution in [0.25, 0.3) is 0 Å². The summed E-state index contributed by atoms with van der Waals surface area (Å²) in [7, 11) is 0. The highest BCUT2D eigenvalue weighted by Crippen LogP contribution is 2.30. The van der Waals surface area contributed by atoms with Gasteiger partial charge in [-0.15, -0.1) is 0 Å². The number of aromatic hydroxyl groups is 1. The Bertz CT molecular complexity index is 448. The zero-order chi connectivity index (χ0) is 14.6. The highest BCUT2D eigenvalue weighted by molar-refractivity contribution is 5.66. The number of hydrogen-bond acceptors (Lipinski definition) is 3. The van der Waals surface area contributed by atoms with E-state index in [4.69, 9.17) is 5.11 Å². The summed E-state index contributed by atoms with van der Waals surface area (Å²) in [5.74, 6) is -1.45. The summed E-state index contributed by atoms with van der Waals surface area (Å²) in [6, 6.07) is 3.84. The standard InChI is InChI=1S/C14H20FNO3/c1-9(2)16(7-6-14(18)19)10(3)12-5-4-11(15)8-13(12)17/h4-5,8-10,17H,6-7H2,1-3H3,(H,18,19). The van der Waals surface area contributed by atoms with Gasteiger partial charge in [0, 0.05) is 30.3 Å². The lowest BCUT2D eigenvalue weighted by molar-refractivity contribution is -0.137. The molecule has 0 bridgehead atoms. The number of carbonyl (C=O) groups is 1. The first-order valence-corrected chi connectivity index (χ1v) is 6.29. The van der Waals surface area contributed by atoms with E-state index in [1.807, 2.05) is 25.7 Å². The van der Waals surface area contributed by atoms with Crippen molar-refractivity contribution >= 4 is 5.97 Å². The molecule has 1 aromatic rings. The van der Waals surface area contributed by atoms with Crippen LogP contribution in [-0.2, 0) is 4.79 Å². The number of benzene rings is 1. The molecule has 0 aromatic heterocycles. The molecule has 0 aliphatic heterocycles. The zero-order valence-electron chi connectivity index (χ0n) is 11.4. The highest BCUT2D eigenvalue weighted by atomic mass is 19.1. The summed E-state index contributed by atoms with van der Waals surface area (Å²) in [6.07, 6.45) is 0.0322. The van der Waals surface area contributed by atoms with Crippen LogP contribution in [0.3, 0.4) is 0 Å². The molecular weight excluding hydrogens is 249 g/mol. The third kappa shape index (κ3) is 4.21. The molecule has 0 aliphatic carbocycles. The minimum Gasteiger partial charge on any atom is -0.508 e. The van der Waals surface area contributed by atoms with Gasteiger partial charge in [0.25, 0.3) is 0 Å². The number of carboxylic acid groups (broad SMARTS) is 1. The number of aliphatic carboxylic acids is 1. The summed E-state index contributed by atoms with van der Waals surface area (Å²) in [4.78, 5) is 12.6. The van der Waals surface area contributed by atoms with Crippen molar-refractivity contribution in [1.82, 2.24) is 4.90 Å². The molecule has 5 heteroatoms. The summed E-state index contributed by atoms with van der Waals surface area (Å²) in [5, 5.41) is 18.5. The van der Waals surface area contributed by atoms with E-state index in [1.54, 1.807) is 0 Å². The van der Waals surface area contributed by atoms with Crippen molar-refractivity contribution in [2.75, 3.05) is 6.54 Å². The van der Waals surface area contributed by atoms with Gasteiger partial charge in [-0.1, -0.05) is 6.07 Å². The number of halogens is 1. The SMILES string of the molecule is CC(C)N(CCC(=O)O)C(C)c1ccc(F)cc1O. The quantitative estimate of drug-likeness (QED) is 0.833. The fourth-order valence-electron chi connectivity index (χ4n) is 2.17. The third-order valence-corrected chi connectivity index (χ3v) is 3.19. The van der Waals surface area contributed by atoms with Gasteiger partial charge in [0.2, 0.25) is 0 Å². The second kappa shape index (κ2) is 6.52. The molecule has 1 atom stereocenters. The van der Waals surface area contributed by atoms with Crippen molar-refractivity contribution in [1.29, 1.82) is 0 Å².